The summed E-state index contributed by atoms with van der Waals surface area (Å²) in [7, 11) is 0. The molecule has 2 aromatic rings. The molecule has 5 heteroatoms. The van der Waals surface area contributed by atoms with Crippen molar-refractivity contribution in [2.75, 3.05) is 0 Å². The topological polar surface area (TPSA) is 61.1 Å². The maximum atomic E-state index is 10.6. The van der Waals surface area contributed by atoms with Crippen LogP contribution >= 0.6 is 23.4 Å². The minimum atomic E-state index is -0.846. The van der Waals surface area contributed by atoms with Crippen molar-refractivity contribution in [2.45, 2.75) is 16.2 Å². The Bertz CT molecular complexity index is 677. The molecule has 2 rings (SSSR count). The zero-order valence-electron chi connectivity index (χ0n) is 10.3. The number of nitrogens with zero attached hydrogens (tertiary/aromatic N) is 1. The molecule has 0 unspecified atom stereocenters. The summed E-state index contributed by atoms with van der Waals surface area (Å²) in [6, 6.07) is 14.6. The van der Waals surface area contributed by atoms with Gasteiger partial charge in [-0.05, 0) is 35.9 Å². The number of halogens is 1. The molecule has 0 atom stereocenters. The third kappa shape index (κ3) is 3.77. The van der Waals surface area contributed by atoms with Crippen LogP contribution in [0, 0.1) is 11.3 Å². The summed E-state index contributed by atoms with van der Waals surface area (Å²) in [6.07, 6.45) is 0.0183. The fourth-order valence-electron chi connectivity index (χ4n) is 1.64. The van der Waals surface area contributed by atoms with Crippen LogP contribution in [-0.2, 0) is 11.2 Å². The van der Waals surface area contributed by atoms with E-state index in [1.165, 1.54) is 11.8 Å². The number of carboxylic acid groups (broad SMARTS) is 1. The van der Waals surface area contributed by atoms with Crippen molar-refractivity contribution >= 4 is 29.3 Å². The highest BCUT2D eigenvalue weighted by Gasteiger charge is 2.04. The van der Waals surface area contributed by atoms with Gasteiger partial charge in [-0.2, -0.15) is 5.26 Å². The summed E-state index contributed by atoms with van der Waals surface area (Å²) in [6.45, 7) is 0. The first-order valence-corrected chi connectivity index (χ1v) is 6.96. The fourth-order valence-corrected chi connectivity index (χ4v) is 2.66. The molecule has 0 spiro atoms. The SMILES string of the molecule is N#Cc1cc(Sc2ccc(CC(=O)O)cc2)ccc1Cl. The van der Waals surface area contributed by atoms with Crippen molar-refractivity contribution < 1.29 is 9.90 Å². The Morgan fingerprint density at radius 1 is 1.20 bits per heavy atom. The van der Waals surface area contributed by atoms with Gasteiger partial charge in [0.2, 0.25) is 0 Å². The smallest absolute Gasteiger partial charge is 0.307 e. The highest BCUT2D eigenvalue weighted by atomic mass is 35.5. The second-order valence-corrected chi connectivity index (χ2v) is 5.62. The number of nitriles is 1. The van der Waals surface area contributed by atoms with E-state index in [0.717, 1.165) is 15.4 Å². The first-order valence-electron chi connectivity index (χ1n) is 5.77. The van der Waals surface area contributed by atoms with E-state index >= 15 is 0 Å². The van der Waals surface area contributed by atoms with Crippen LogP contribution in [0.15, 0.2) is 52.3 Å². The first-order chi connectivity index (χ1) is 9.58. The predicted octanol–water partition coefficient (Wildman–Crippen LogP) is 3.99. The molecule has 0 heterocycles. The van der Waals surface area contributed by atoms with Crippen molar-refractivity contribution in [1.82, 2.24) is 0 Å². The van der Waals surface area contributed by atoms with E-state index in [1.807, 2.05) is 24.3 Å². The molecule has 100 valence electrons. The molecule has 2 aromatic carbocycles. The van der Waals surface area contributed by atoms with Crippen LogP contribution in [0.25, 0.3) is 0 Å². The Hall–Kier alpha value is -1.96. The van der Waals surface area contributed by atoms with Crippen molar-refractivity contribution in [3.05, 3.63) is 58.6 Å². The van der Waals surface area contributed by atoms with Gasteiger partial charge in [-0.1, -0.05) is 35.5 Å². The van der Waals surface area contributed by atoms with E-state index in [1.54, 1.807) is 24.3 Å². The molecule has 0 amide bonds. The van der Waals surface area contributed by atoms with Gasteiger partial charge in [0.05, 0.1) is 17.0 Å². The van der Waals surface area contributed by atoms with Crippen LogP contribution < -0.4 is 0 Å². The third-order valence-electron chi connectivity index (χ3n) is 2.57. The molecule has 1 N–H and O–H groups in total. The largest absolute Gasteiger partial charge is 0.481 e. The maximum Gasteiger partial charge on any atom is 0.307 e. The lowest BCUT2D eigenvalue weighted by Gasteiger charge is -2.04. The maximum absolute atomic E-state index is 10.6. The molecule has 0 aromatic heterocycles. The number of aliphatic carboxylic acids is 1. The summed E-state index contributed by atoms with van der Waals surface area (Å²) < 4.78 is 0. The van der Waals surface area contributed by atoms with E-state index in [9.17, 15) is 4.79 Å². The lowest BCUT2D eigenvalue weighted by Crippen LogP contribution is -1.99. The zero-order chi connectivity index (χ0) is 14.5. The standard InChI is InChI=1S/C15H10ClNO2S/c16-14-6-5-13(8-11(14)9-17)20-12-3-1-10(2-4-12)7-15(18)19/h1-6,8H,7H2,(H,18,19). The molecule has 0 bridgehead atoms. The van der Waals surface area contributed by atoms with Crippen LogP contribution in [0.2, 0.25) is 5.02 Å². The van der Waals surface area contributed by atoms with Gasteiger partial charge in [-0.15, -0.1) is 0 Å². The molecule has 3 nitrogen and oxygen atoms in total. The summed E-state index contributed by atoms with van der Waals surface area (Å²) in [5.74, 6) is -0.846. The molecular formula is C15H10ClNO2S. The second-order valence-electron chi connectivity index (χ2n) is 4.07. The fraction of sp³-hybridized carbons (Fsp3) is 0.0667. The van der Waals surface area contributed by atoms with Crippen LogP contribution in [0.3, 0.4) is 0 Å². The molecule has 0 aliphatic heterocycles. The van der Waals surface area contributed by atoms with Gasteiger partial charge in [0.1, 0.15) is 6.07 Å². The van der Waals surface area contributed by atoms with Crippen LogP contribution in [-0.4, -0.2) is 11.1 Å². The van der Waals surface area contributed by atoms with Crippen molar-refractivity contribution in [3.63, 3.8) is 0 Å². The minimum Gasteiger partial charge on any atom is -0.481 e. The number of rotatable bonds is 4. The van der Waals surface area contributed by atoms with E-state index in [4.69, 9.17) is 22.0 Å². The van der Waals surface area contributed by atoms with Crippen LogP contribution in [0.4, 0.5) is 0 Å². The normalized spacial score (nSPS) is 10.0. The molecule has 0 saturated heterocycles. The van der Waals surface area contributed by atoms with Gasteiger partial charge < -0.3 is 5.11 Å². The lowest BCUT2D eigenvalue weighted by atomic mass is 10.2. The van der Waals surface area contributed by atoms with Crippen LogP contribution in [0.5, 0.6) is 0 Å². The Morgan fingerprint density at radius 3 is 2.45 bits per heavy atom. The molecule has 0 saturated carbocycles. The summed E-state index contributed by atoms with van der Waals surface area (Å²) in [5, 5.41) is 18.1. The average molecular weight is 304 g/mol. The number of hydrogen-bond donors (Lipinski definition) is 1. The van der Waals surface area contributed by atoms with Crippen molar-refractivity contribution in [1.29, 1.82) is 5.26 Å². The van der Waals surface area contributed by atoms with Gasteiger partial charge in [0.15, 0.2) is 0 Å². The Morgan fingerprint density at radius 2 is 1.85 bits per heavy atom. The number of benzene rings is 2. The van der Waals surface area contributed by atoms with E-state index in [-0.39, 0.29) is 6.42 Å². The lowest BCUT2D eigenvalue weighted by molar-refractivity contribution is -0.136. The number of hydrogen-bond acceptors (Lipinski definition) is 3. The summed E-state index contributed by atoms with van der Waals surface area (Å²) in [5.41, 5.74) is 1.20. The number of carbonyl (C=O) groups is 1. The van der Waals surface area contributed by atoms with Gasteiger partial charge in [0.25, 0.3) is 0 Å². The first kappa shape index (κ1) is 14.4. The van der Waals surface area contributed by atoms with Crippen molar-refractivity contribution in [2.24, 2.45) is 0 Å². The van der Waals surface area contributed by atoms with Gasteiger partial charge in [-0.3, -0.25) is 4.79 Å². The molecule has 0 aliphatic rings. The Labute approximate surface area is 125 Å². The summed E-state index contributed by atoms with van der Waals surface area (Å²) in [4.78, 5) is 12.5. The van der Waals surface area contributed by atoms with Gasteiger partial charge in [-0.25, -0.2) is 0 Å². The molecule has 0 radical (unpaired) electrons. The van der Waals surface area contributed by atoms with E-state index in [0.29, 0.717) is 10.6 Å². The third-order valence-corrected chi connectivity index (χ3v) is 3.90. The van der Waals surface area contributed by atoms with E-state index in [2.05, 4.69) is 0 Å². The van der Waals surface area contributed by atoms with Gasteiger partial charge >= 0.3 is 5.97 Å². The summed E-state index contributed by atoms with van der Waals surface area (Å²) >= 11 is 7.38. The van der Waals surface area contributed by atoms with Crippen molar-refractivity contribution in [3.8, 4) is 6.07 Å². The quantitative estimate of drug-likeness (QED) is 0.927. The monoisotopic (exact) mass is 303 g/mol. The Balaban J connectivity index is 2.14. The zero-order valence-corrected chi connectivity index (χ0v) is 11.9. The molecular weight excluding hydrogens is 294 g/mol. The second kappa shape index (κ2) is 6.47. The highest BCUT2D eigenvalue weighted by molar-refractivity contribution is 7.99. The molecule has 20 heavy (non-hydrogen) atoms. The van der Waals surface area contributed by atoms with E-state index < -0.39 is 5.97 Å². The predicted molar refractivity (Wildman–Crippen MR) is 78.1 cm³/mol. The highest BCUT2D eigenvalue weighted by Crippen LogP contribution is 2.30. The minimum absolute atomic E-state index is 0.0183. The number of carboxylic acids is 1. The Kier molecular flexibility index (Phi) is 4.67. The molecule has 0 fully saturated rings. The van der Waals surface area contributed by atoms with Gasteiger partial charge in [0, 0.05) is 9.79 Å². The van der Waals surface area contributed by atoms with Crippen LogP contribution in [0.1, 0.15) is 11.1 Å². The molecule has 0 aliphatic carbocycles. The average Bonchev–Trinajstić information content (AvgIpc) is 2.42.